The quantitative estimate of drug-likeness (QED) is 0.327. The molecular formula is C16H27N3O2. The number of nitrogens with one attached hydrogen (secondary N) is 3. The fraction of sp³-hybridized carbons (Fsp3) is 0.688. The maximum Gasteiger partial charge on any atom is 0.267 e. The van der Waals surface area contributed by atoms with Crippen LogP contribution in [0, 0.1) is 17.2 Å². The number of hydrogen-bond donors (Lipinski definition) is 3. The van der Waals surface area contributed by atoms with Crippen LogP contribution in [0.1, 0.15) is 46.5 Å². The highest BCUT2D eigenvalue weighted by atomic mass is 16.2. The summed E-state index contributed by atoms with van der Waals surface area (Å²) in [5.74, 6) is 0.483. The number of carbonyl (C=O) groups excluding carboxylic acids is 2. The first-order chi connectivity index (χ1) is 10.0. The van der Waals surface area contributed by atoms with Crippen molar-refractivity contribution in [1.29, 1.82) is 5.41 Å². The Bertz CT molecular complexity index is 400. The van der Waals surface area contributed by atoms with Crippen molar-refractivity contribution >= 4 is 18.4 Å². The summed E-state index contributed by atoms with van der Waals surface area (Å²) in [5.41, 5.74) is 0.331. The van der Waals surface area contributed by atoms with Gasteiger partial charge in [0.2, 0.25) is 0 Å². The molecule has 0 saturated heterocycles. The second-order valence-corrected chi connectivity index (χ2v) is 5.97. The first kappa shape index (κ1) is 17.4. The van der Waals surface area contributed by atoms with E-state index in [4.69, 9.17) is 5.41 Å². The van der Waals surface area contributed by atoms with Gasteiger partial charge < -0.3 is 20.8 Å². The lowest BCUT2D eigenvalue weighted by Crippen LogP contribution is -2.45. The normalized spacial score (nSPS) is 18.0. The van der Waals surface area contributed by atoms with Crippen LogP contribution in [0.4, 0.5) is 0 Å². The van der Waals surface area contributed by atoms with Crippen LogP contribution in [0.2, 0.25) is 0 Å². The van der Waals surface area contributed by atoms with Gasteiger partial charge in [0.15, 0.2) is 0 Å². The Morgan fingerprint density at radius 3 is 2.43 bits per heavy atom. The molecule has 5 heteroatoms. The van der Waals surface area contributed by atoms with Crippen molar-refractivity contribution in [3.63, 3.8) is 0 Å². The average Bonchev–Trinajstić information content (AvgIpc) is 3.26. The summed E-state index contributed by atoms with van der Waals surface area (Å²) in [6, 6.07) is -0.348. The van der Waals surface area contributed by atoms with Crippen LogP contribution in [-0.4, -0.2) is 30.5 Å². The Hall–Kier alpha value is -1.65. The standard InChI is InChI=1S/C16H27N3O2/c1-4-5-13(12-6-7-12)15(10-20)19-16(21)14(8-9-17)18-11(2)3/h8-13,15,17-18H,4-7H2,1-3H3,(H,19,21)/b14-8-,17-9?. The highest BCUT2D eigenvalue weighted by molar-refractivity contribution is 5.97. The Kier molecular flexibility index (Phi) is 7.12. The zero-order valence-corrected chi connectivity index (χ0v) is 13.2. The second-order valence-electron chi connectivity index (χ2n) is 5.97. The van der Waals surface area contributed by atoms with E-state index in [0.29, 0.717) is 11.6 Å². The molecule has 0 bridgehead atoms. The SMILES string of the molecule is CCCC(C1CC1)C(C=O)NC(=O)/C(=C/C=N)NC(C)C. The summed E-state index contributed by atoms with van der Waals surface area (Å²) >= 11 is 0. The van der Waals surface area contributed by atoms with Gasteiger partial charge in [-0.3, -0.25) is 4.79 Å². The zero-order chi connectivity index (χ0) is 15.8. The second kappa shape index (κ2) is 8.60. The summed E-state index contributed by atoms with van der Waals surface area (Å²) in [7, 11) is 0. The highest BCUT2D eigenvalue weighted by Gasteiger charge is 2.36. The van der Waals surface area contributed by atoms with Crippen LogP contribution in [-0.2, 0) is 9.59 Å². The van der Waals surface area contributed by atoms with E-state index in [9.17, 15) is 9.59 Å². The first-order valence-corrected chi connectivity index (χ1v) is 7.76. The third-order valence-corrected chi connectivity index (χ3v) is 3.69. The molecule has 0 aromatic rings. The van der Waals surface area contributed by atoms with Crippen molar-refractivity contribution in [2.24, 2.45) is 11.8 Å². The minimum absolute atomic E-state index is 0.0894. The number of rotatable bonds is 10. The van der Waals surface area contributed by atoms with E-state index >= 15 is 0 Å². The van der Waals surface area contributed by atoms with Gasteiger partial charge in [-0.25, -0.2) is 0 Å². The van der Waals surface area contributed by atoms with Gasteiger partial charge in [-0.15, -0.1) is 0 Å². The minimum Gasteiger partial charge on any atom is -0.378 e. The smallest absolute Gasteiger partial charge is 0.267 e. The maximum absolute atomic E-state index is 12.3. The summed E-state index contributed by atoms with van der Waals surface area (Å²) in [5, 5.41) is 13.0. The predicted octanol–water partition coefficient (Wildman–Crippen LogP) is 2.03. The van der Waals surface area contributed by atoms with Crippen LogP contribution >= 0.6 is 0 Å². The fourth-order valence-electron chi connectivity index (χ4n) is 2.62. The van der Waals surface area contributed by atoms with Gasteiger partial charge in [0.05, 0.1) is 6.04 Å². The van der Waals surface area contributed by atoms with Crippen LogP contribution in [0.5, 0.6) is 0 Å². The molecular weight excluding hydrogens is 266 g/mol. The predicted molar refractivity (Wildman–Crippen MR) is 84.3 cm³/mol. The molecule has 0 aliphatic heterocycles. The zero-order valence-electron chi connectivity index (χ0n) is 13.2. The summed E-state index contributed by atoms with van der Waals surface area (Å²) in [4.78, 5) is 23.7. The minimum atomic E-state index is -0.437. The van der Waals surface area contributed by atoms with Crippen molar-refractivity contribution in [2.45, 2.75) is 58.5 Å². The van der Waals surface area contributed by atoms with Gasteiger partial charge in [0.25, 0.3) is 5.91 Å². The van der Waals surface area contributed by atoms with Gasteiger partial charge in [0, 0.05) is 12.3 Å². The molecule has 1 fully saturated rings. The van der Waals surface area contributed by atoms with E-state index < -0.39 is 6.04 Å². The van der Waals surface area contributed by atoms with Crippen LogP contribution in [0.3, 0.4) is 0 Å². The molecule has 0 aromatic heterocycles. The molecule has 1 saturated carbocycles. The van der Waals surface area contributed by atoms with Crippen molar-refractivity contribution in [3.8, 4) is 0 Å². The summed E-state index contributed by atoms with van der Waals surface area (Å²) in [6.45, 7) is 5.94. The summed E-state index contributed by atoms with van der Waals surface area (Å²) < 4.78 is 0. The molecule has 2 atom stereocenters. The van der Waals surface area contributed by atoms with Crippen molar-refractivity contribution in [1.82, 2.24) is 10.6 Å². The third kappa shape index (κ3) is 5.69. The molecule has 1 amide bonds. The van der Waals surface area contributed by atoms with Crippen LogP contribution in [0.25, 0.3) is 0 Å². The van der Waals surface area contributed by atoms with Crippen molar-refractivity contribution < 1.29 is 9.59 Å². The van der Waals surface area contributed by atoms with E-state index in [1.165, 1.54) is 6.08 Å². The monoisotopic (exact) mass is 293 g/mol. The van der Waals surface area contributed by atoms with E-state index in [1.54, 1.807) is 0 Å². The molecule has 0 spiro atoms. The van der Waals surface area contributed by atoms with Crippen LogP contribution in [0.15, 0.2) is 11.8 Å². The third-order valence-electron chi connectivity index (χ3n) is 3.69. The van der Waals surface area contributed by atoms with Crippen molar-refractivity contribution in [3.05, 3.63) is 11.8 Å². The number of carbonyl (C=O) groups is 2. The Morgan fingerprint density at radius 2 is 2.00 bits per heavy atom. The van der Waals surface area contributed by atoms with Gasteiger partial charge in [-0.05, 0) is 51.0 Å². The molecule has 0 heterocycles. The molecule has 21 heavy (non-hydrogen) atoms. The maximum atomic E-state index is 12.3. The lowest BCUT2D eigenvalue weighted by Gasteiger charge is -2.24. The molecule has 2 unspecified atom stereocenters. The lowest BCUT2D eigenvalue weighted by atomic mass is 9.90. The topological polar surface area (TPSA) is 82.1 Å². The number of hydrogen-bond acceptors (Lipinski definition) is 4. The fourth-order valence-corrected chi connectivity index (χ4v) is 2.62. The molecule has 5 nitrogen and oxygen atoms in total. The van der Waals surface area contributed by atoms with Gasteiger partial charge in [-0.2, -0.15) is 0 Å². The average molecular weight is 293 g/mol. The Balaban J connectivity index is 2.73. The Morgan fingerprint density at radius 1 is 1.33 bits per heavy atom. The molecule has 3 N–H and O–H groups in total. The molecule has 0 radical (unpaired) electrons. The Labute approximate surface area is 127 Å². The van der Waals surface area contributed by atoms with Gasteiger partial charge >= 0.3 is 0 Å². The van der Waals surface area contributed by atoms with Gasteiger partial charge in [-0.1, -0.05) is 13.3 Å². The molecule has 118 valence electrons. The number of allylic oxidation sites excluding steroid dienone is 1. The van der Waals surface area contributed by atoms with Crippen LogP contribution < -0.4 is 10.6 Å². The van der Waals surface area contributed by atoms with Gasteiger partial charge in [0.1, 0.15) is 12.0 Å². The van der Waals surface area contributed by atoms with E-state index in [-0.39, 0.29) is 17.9 Å². The molecule has 1 aliphatic carbocycles. The van der Waals surface area contributed by atoms with E-state index in [0.717, 1.165) is 38.2 Å². The van der Waals surface area contributed by atoms with E-state index in [1.807, 2.05) is 13.8 Å². The summed E-state index contributed by atoms with van der Waals surface area (Å²) in [6.07, 6.45) is 7.61. The number of amides is 1. The van der Waals surface area contributed by atoms with Crippen molar-refractivity contribution in [2.75, 3.05) is 0 Å². The molecule has 0 aromatic carbocycles. The number of aldehydes is 1. The van der Waals surface area contributed by atoms with E-state index in [2.05, 4.69) is 17.6 Å². The first-order valence-electron chi connectivity index (χ1n) is 7.76. The molecule has 1 aliphatic rings. The largest absolute Gasteiger partial charge is 0.378 e. The molecule has 1 rings (SSSR count). The lowest BCUT2D eigenvalue weighted by molar-refractivity contribution is -0.122. The highest BCUT2D eigenvalue weighted by Crippen LogP contribution is 2.40.